The summed E-state index contributed by atoms with van der Waals surface area (Å²) in [6, 6.07) is 2.28. The first-order valence-corrected chi connectivity index (χ1v) is 5.17. The van der Waals surface area contributed by atoms with Gasteiger partial charge in [0.1, 0.15) is 0 Å². The van der Waals surface area contributed by atoms with Gasteiger partial charge in [0.15, 0.2) is 0 Å². The van der Waals surface area contributed by atoms with E-state index in [2.05, 4.69) is 25.1 Å². The number of nitriles is 1. The monoisotopic (exact) mass is 192 g/mol. The van der Waals surface area contributed by atoms with Crippen molar-refractivity contribution in [2.45, 2.75) is 39.5 Å². The van der Waals surface area contributed by atoms with Gasteiger partial charge in [0, 0.05) is 11.8 Å². The zero-order valence-electron chi connectivity index (χ0n) is 8.75. The molecule has 3 nitrogen and oxygen atoms in total. The Bertz CT molecular complexity index is 331. The molecule has 2 rings (SSSR count). The van der Waals surface area contributed by atoms with Crippen LogP contribution < -0.4 is 0 Å². The maximum atomic E-state index is 8.96. The van der Waals surface area contributed by atoms with Gasteiger partial charge in [-0.2, -0.15) is 5.26 Å². The minimum atomic E-state index is -0.0395. The minimum absolute atomic E-state index is 0.0311. The van der Waals surface area contributed by atoms with Crippen molar-refractivity contribution in [2.75, 3.05) is 0 Å². The fraction of sp³-hybridized carbons (Fsp3) is 0.818. The first-order chi connectivity index (χ1) is 6.58. The molecule has 0 saturated heterocycles. The van der Waals surface area contributed by atoms with Crippen LogP contribution in [0, 0.1) is 28.1 Å². The third-order valence-corrected chi connectivity index (χ3v) is 4.80. The third kappa shape index (κ3) is 0.841. The molecule has 0 aromatic heterocycles. The van der Waals surface area contributed by atoms with E-state index in [1.807, 2.05) is 0 Å². The average Bonchev–Trinajstić information content (AvgIpc) is 2.51. The minimum Gasteiger partial charge on any atom is -0.411 e. The summed E-state index contributed by atoms with van der Waals surface area (Å²) in [4.78, 5) is 0. The van der Waals surface area contributed by atoms with Gasteiger partial charge < -0.3 is 5.21 Å². The van der Waals surface area contributed by atoms with Crippen molar-refractivity contribution in [3.63, 3.8) is 0 Å². The molecule has 0 unspecified atom stereocenters. The second-order valence-electron chi connectivity index (χ2n) is 5.07. The Morgan fingerprint density at radius 2 is 2.36 bits per heavy atom. The van der Waals surface area contributed by atoms with E-state index >= 15 is 0 Å². The van der Waals surface area contributed by atoms with Crippen molar-refractivity contribution in [3.05, 3.63) is 0 Å². The molecule has 0 aromatic carbocycles. The van der Waals surface area contributed by atoms with Crippen molar-refractivity contribution in [1.29, 1.82) is 5.26 Å². The molecule has 2 aliphatic carbocycles. The van der Waals surface area contributed by atoms with E-state index in [-0.39, 0.29) is 10.8 Å². The zero-order valence-corrected chi connectivity index (χ0v) is 8.75. The molecule has 0 heterocycles. The first-order valence-electron chi connectivity index (χ1n) is 5.17. The van der Waals surface area contributed by atoms with Gasteiger partial charge >= 0.3 is 0 Å². The van der Waals surface area contributed by atoms with Crippen molar-refractivity contribution >= 4 is 5.71 Å². The molecule has 0 radical (unpaired) electrons. The summed E-state index contributed by atoms with van der Waals surface area (Å²) >= 11 is 0. The van der Waals surface area contributed by atoms with Gasteiger partial charge in [0.05, 0.1) is 11.8 Å². The van der Waals surface area contributed by atoms with Crippen molar-refractivity contribution in [3.8, 4) is 6.07 Å². The van der Waals surface area contributed by atoms with Gasteiger partial charge in [0.25, 0.3) is 0 Å². The van der Waals surface area contributed by atoms with E-state index < -0.39 is 0 Å². The van der Waals surface area contributed by atoms with Gasteiger partial charge in [0.2, 0.25) is 0 Å². The summed E-state index contributed by atoms with van der Waals surface area (Å²) in [6.45, 7) is 4.32. The molecule has 1 N–H and O–H groups in total. The van der Waals surface area contributed by atoms with Crippen LogP contribution in [0.1, 0.15) is 39.5 Å². The summed E-state index contributed by atoms with van der Waals surface area (Å²) in [6.07, 6.45) is 3.70. The summed E-state index contributed by atoms with van der Waals surface area (Å²) < 4.78 is 0. The lowest BCUT2D eigenvalue weighted by Gasteiger charge is -2.35. The highest BCUT2D eigenvalue weighted by atomic mass is 16.4. The maximum absolute atomic E-state index is 8.96. The largest absolute Gasteiger partial charge is 0.411 e. The Hall–Kier alpha value is -1.04. The van der Waals surface area contributed by atoms with E-state index in [0.29, 0.717) is 12.3 Å². The Morgan fingerprint density at radius 1 is 1.64 bits per heavy atom. The highest BCUT2D eigenvalue weighted by Crippen LogP contribution is 2.65. The van der Waals surface area contributed by atoms with Crippen molar-refractivity contribution in [2.24, 2.45) is 21.9 Å². The Morgan fingerprint density at radius 3 is 2.86 bits per heavy atom. The molecule has 2 bridgehead atoms. The normalized spacial score (nSPS) is 48.4. The average molecular weight is 192 g/mol. The molecule has 2 fully saturated rings. The second kappa shape index (κ2) is 2.73. The summed E-state index contributed by atoms with van der Waals surface area (Å²) in [5.41, 5.74) is 0.900. The van der Waals surface area contributed by atoms with Gasteiger partial charge in [-0.15, -0.1) is 0 Å². The van der Waals surface area contributed by atoms with Crippen LogP contribution in [-0.4, -0.2) is 10.9 Å². The third-order valence-electron chi connectivity index (χ3n) is 4.80. The number of rotatable bonds is 1. The van der Waals surface area contributed by atoms with Crippen LogP contribution in [-0.2, 0) is 0 Å². The van der Waals surface area contributed by atoms with Crippen LogP contribution in [0.25, 0.3) is 0 Å². The Balaban J connectivity index is 2.43. The lowest BCUT2D eigenvalue weighted by Crippen LogP contribution is -2.34. The molecule has 0 aromatic rings. The van der Waals surface area contributed by atoms with Crippen LogP contribution >= 0.6 is 0 Å². The zero-order chi connectivity index (χ0) is 10.4. The molecule has 76 valence electrons. The van der Waals surface area contributed by atoms with Crippen LogP contribution in [0.15, 0.2) is 5.16 Å². The number of nitrogens with zero attached hydrogens (tertiary/aromatic N) is 2. The smallest absolute Gasteiger partial charge is 0.0638 e. The first kappa shape index (κ1) is 9.51. The predicted molar refractivity (Wildman–Crippen MR) is 53.0 cm³/mol. The fourth-order valence-corrected chi connectivity index (χ4v) is 3.43. The van der Waals surface area contributed by atoms with Gasteiger partial charge in [-0.1, -0.05) is 19.0 Å². The number of hydrogen-bond donors (Lipinski definition) is 1. The van der Waals surface area contributed by atoms with E-state index in [9.17, 15) is 0 Å². The van der Waals surface area contributed by atoms with E-state index in [0.717, 1.165) is 18.6 Å². The molecule has 14 heavy (non-hydrogen) atoms. The Kier molecular flexibility index (Phi) is 1.85. The molecule has 2 saturated carbocycles. The van der Waals surface area contributed by atoms with Gasteiger partial charge in [-0.3, -0.25) is 0 Å². The lowest BCUT2D eigenvalue weighted by atomic mass is 9.67. The van der Waals surface area contributed by atoms with Crippen LogP contribution in [0.3, 0.4) is 0 Å². The SMILES string of the molecule is C[C@]12CC[C@H](CC1=NO)[C@]2(C)CC#N. The molecule has 3 atom stereocenters. The molecule has 0 amide bonds. The topological polar surface area (TPSA) is 56.4 Å². The maximum Gasteiger partial charge on any atom is 0.0638 e. The van der Waals surface area contributed by atoms with E-state index in [1.165, 1.54) is 6.42 Å². The van der Waals surface area contributed by atoms with Crippen LogP contribution in [0.5, 0.6) is 0 Å². The van der Waals surface area contributed by atoms with Crippen molar-refractivity contribution in [1.82, 2.24) is 0 Å². The van der Waals surface area contributed by atoms with Crippen LogP contribution in [0.2, 0.25) is 0 Å². The molecule has 2 aliphatic rings. The standard InChI is InChI=1S/C11H16N2O/c1-10(5-6-12)8-3-4-11(10,2)9(7-8)13-14/h8,14H,3-5,7H2,1-2H3/t8-,10+,11+/m1/s1. The van der Waals surface area contributed by atoms with Gasteiger partial charge in [-0.05, 0) is 30.6 Å². The molecular weight excluding hydrogens is 176 g/mol. The number of oxime groups is 1. The fourth-order valence-electron chi connectivity index (χ4n) is 3.43. The Labute approximate surface area is 84.4 Å². The van der Waals surface area contributed by atoms with Crippen molar-refractivity contribution < 1.29 is 5.21 Å². The predicted octanol–water partition coefficient (Wildman–Crippen LogP) is 2.56. The van der Waals surface area contributed by atoms with E-state index in [1.54, 1.807) is 0 Å². The summed E-state index contributed by atoms with van der Waals surface area (Å²) in [7, 11) is 0. The van der Waals surface area contributed by atoms with Crippen LogP contribution in [0.4, 0.5) is 0 Å². The highest BCUT2D eigenvalue weighted by Gasteiger charge is 2.62. The molecule has 3 heteroatoms. The van der Waals surface area contributed by atoms with E-state index in [4.69, 9.17) is 10.5 Å². The molecule has 0 aliphatic heterocycles. The molecule has 0 spiro atoms. The number of fused-ring (bicyclic) bond motifs is 2. The van der Waals surface area contributed by atoms with Gasteiger partial charge in [-0.25, -0.2) is 0 Å². The molecular formula is C11H16N2O. The summed E-state index contributed by atoms with van der Waals surface area (Å²) in [5.74, 6) is 0.540. The lowest BCUT2D eigenvalue weighted by molar-refractivity contribution is 0.168. The second-order valence-corrected chi connectivity index (χ2v) is 5.07. The number of hydrogen-bond acceptors (Lipinski definition) is 3. The summed E-state index contributed by atoms with van der Waals surface area (Å²) in [5, 5.41) is 21.3. The highest BCUT2D eigenvalue weighted by molar-refractivity contribution is 5.93. The quantitative estimate of drug-likeness (QED) is 0.512.